The van der Waals surface area contributed by atoms with Crippen LogP contribution in [0.3, 0.4) is 0 Å². The molecule has 2 aliphatic rings. The molecule has 0 bridgehead atoms. The van der Waals surface area contributed by atoms with Crippen molar-refractivity contribution in [1.82, 2.24) is 15.1 Å². The Morgan fingerprint density at radius 2 is 2.10 bits per heavy atom. The first-order valence-electron chi connectivity index (χ1n) is 7.75. The Kier molecular flexibility index (Phi) is 3.99. The van der Waals surface area contributed by atoms with Crippen molar-refractivity contribution in [3.8, 4) is 0 Å². The van der Waals surface area contributed by atoms with Crippen LogP contribution in [0.15, 0.2) is 6.07 Å². The molecule has 0 unspecified atom stereocenters. The lowest BCUT2D eigenvalue weighted by atomic mass is 9.90. The SMILES string of the molecule is CCn1nc(C)cc1C(=O)NC1CCC2(CC1)OCCO2. The Hall–Kier alpha value is -1.40. The molecule has 1 amide bonds. The quantitative estimate of drug-likeness (QED) is 0.920. The van der Waals surface area contributed by atoms with Crippen LogP contribution in [-0.4, -0.2) is 40.7 Å². The highest BCUT2D eigenvalue weighted by atomic mass is 16.7. The third-order valence-electron chi connectivity index (χ3n) is 4.33. The van der Waals surface area contributed by atoms with Gasteiger partial charge in [-0.3, -0.25) is 9.48 Å². The normalized spacial score (nSPS) is 21.8. The molecular formula is C15H23N3O3. The van der Waals surface area contributed by atoms with E-state index in [1.54, 1.807) is 4.68 Å². The molecule has 6 heteroatoms. The van der Waals surface area contributed by atoms with Gasteiger partial charge in [0.15, 0.2) is 5.79 Å². The minimum absolute atomic E-state index is 0.0355. The molecule has 0 atom stereocenters. The van der Waals surface area contributed by atoms with Crippen molar-refractivity contribution >= 4 is 5.91 Å². The van der Waals surface area contributed by atoms with Gasteiger partial charge in [0.05, 0.1) is 18.9 Å². The number of nitrogens with one attached hydrogen (secondary N) is 1. The van der Waals surface area contributed by atoms with Gasteiger partial charge in [-0.05, 0) is 32.8 Å². The summed E-state index contributed by atoms with van der Waals surface area (Å²) < 4.78 is 13.2. The molecule has 116 valence electrons. The van der Waals surface area contributed by atoms with Crippen LogP contribution in [0.5, 0.6) is 0 Å². The number of hydrogen-bond donors (Lipinski definition) is 1. The van der Waals surface area contributed by atoms with E-state index in [4.69, 9.17) is 9.47 Å². The molecule has 0 aromatic carbocycles. The Labute approximate surface area is 124 Å². The third kappa shape index (κ3) is 2.96. The van der Waals surface area contributed by atoms with Crippen LogP contribution in [0.2, 0.25) is 0 Å². The van der Waals surface area contributed by atoms with Gasteiger partial charge in [0.2, 0.25) is 0 Å². The molecule has 21 heavy (non-hydrogen) atoms. The summed E-state index contributed by atoms with van der Waals surface area (Å²) in [7, 11) is 0. The lowest BCUT2D eigenvalue weighted by Crippen LogP contribution is -2.44. The summed E-state index contributed by atoms with van der Waals surface area (Å²) in [5, 5.41) is 7.44. The summed E-state index contributed by atoms with van der Waals surface area (Å²) in [6.07, 6.45) is 3.49. The van der Waals surface area contributed by atoms with E-state index in [9.17, 15) is 4.79 Å². The predicted molar refractivity (Wildman–Crippen MR) is 77.0 cm³/mol. The molecule has 1 aliphatic heterocycles. The van der Waals surface area contributed by atoms with Crippen molar-refractivity contribution in [3.63, 3.8) is 0 Å². The van der Waals surface area contributed by atoms with Crippen LogP contribution >= 0.6 is 0 Å². The Balaban J connectivity index is 1.58. The molecule has 1 aromatic heterocycles. The Bertz CT molecular complexity index is 510. The first-order chi connectivity index (χ1) is 10.1. The fourth-order valence-electron chi connectivity index (χ4n) is 3.22. The molecule has 2 heterocycles. The van der Waals surface area contributed by atoms with E-state index < -0.39 is 0 Å². The third-order valence-corrected chi connectivity index (χ3v) is 4.33. The monoisotopic (exact) mass is 293 g/mol. The van der Waals surface area contributed by atoms with E-state index in [0.29, 0.717) is 25.5 Å². The highest BCUT2D eigenvalue weighted by Crippen LogP contribution is 2.35. The Morgan fingerprint density at radius 3 is 2.71 bits per heavy atom. The first kappa shape index (κ1) is 14.5. The van der Waals surface area contributed by atoms with Gasteiger partial charge >= 0.3 is 0 Å². The van der Waals surface area contributed by atoms with Crippen LogP contribution in [0, 0.1) is 6.92 Å². The molecule has 1 saturated carbocycles. The number of carbonyl (C=O) groups excluding carboxylic acids is 1. The zero-order chi connectivity index (χ0) is 14.9. The molecule has 1 N–H and O–H groups in total. The number of aromatic nitrogens is 2. The molecule has 1 spiro atoms. The fourth-order valence-corrected chi connectivity index (χ4v) is 3.22. The minimum atomic E-state index is -0.372. The average molecular weight is 293 g/mol. The van der Waals surface area contributed by atoms with Crippen molar-refractivity contribution in [3.05, 3.63) is 17.5 Å². The van der Waals surface area contributed by atoms with Crippen LogP contribution in [0.1, 0.15) is 48.8 Å². The van der Waals surface area contributed by atoms with Crippen LogP contribution in [-0.2, 0) is 16.0 Å². The molecule has 3 rings (SSSR count). The van der Waals surface area contributed by atoms with Crippen molar-refractivity contribution in [1.29, 1.82) is 0 Å². The Morgan fingerprint density at radius 1 is 1.43 bits per heavy atom. The summed E-state index contributed by atoms with van der Waals surface area (Å²) in [5.74, 6) is -0.408. The van der Waals surface area contributed by atoms with Crippen LogP contribution in [0.25, 0.3) is 0 Å². The van der Waals surface area contributed by atoms with Gasteiger partial charge < -0.3 is 14.8 Å². The summed E-state index contributed by atoms with van der Waals surface area (Å²) in [6.45, 7) is 5.97. The smallest absolute Gasteiger partial charge is 0.269 e. The summed E-state index contributed by atoms with van der Waals surface area (Å²) >= 11 is 0. The summed E-state index contributed by atoms with van der Waals surface area (Å²) in [6, 6.07) is 2.03. The molecule has 1 aromatic rings. The number of nitrogens with zero attached hydrogens (tertiary/aromatic N) is 2. The van der Waals surface area contributed by atoms with E-state index in [-0.39, 0.29) is 17.7 Å². The maximum atomic E-state index is 12.4. The van der Waals surface area contributed by atoms with E-state index in [0.717, 1.165) is 31.4 Å². The molecular weight excluding hydrogens is 270 g/mol. The standard InChI is InChI=1S/C15H23N3O3/c1-3-18-13(10-11(2)17-18)14(19)16-12-4-6-15(7-5-12)20-8-9-21-15/h10,12H,3-9H2,1-2H3,(H,16,19). The zero-order valence-corrected chi connectivity index (χ0v) is 12.7. The second kappa shape index (κ2) is 5.77. The van der Waals surface area contributed by atoms with E-state index in [2.05, 4.69) is 10.4 Å². The van der Waals surface area contributed by atoms with Gasteiger partial charge in [-0.15, -0.1) is 0 Å². The molecule has 0 radical (unpaired) electrons. The fraction of sp³-hybridized carbons (Fsp3) is 0.733. The van der Waals surface area contributed by atoms with E-state index in [1.165, 1.54) is 0 Å². The van der Waals surface area contributed by atoms with Crippen LogP contribution < -0.4 is 5.32 Å². The molecule has 1 saturated heterocycles. The number of hydrogen-bond acceptors (Lipinski definition) is 4. The lowest BCUT2D eigenvalue weighted by molar-refractivity contribution is -0.179. The summed E-state index contributed by atoms with van der Waals surface area (Å²) in [4.78, 5) is 12.4. The van der Waals surface area contributed by atoms with E-state index in [1.807, 2.05) is 19.9 Å². The second-order valence-electron chi connectivity index (χ2n) is 5.84. The number of ether oxygens (including phenoxy) is 2. The van der Waals surface area contributed by atoms with Gasteiger partial charge in [0.25, 0.3) is 5.91 Å². The molecule has 1 aliphatic carbocycles. The molecule has 6 nitrogen and oxygen atoms in total. The van der Waals surface area contributed by atoms with Crippen molar-refractivity contribution in [2.24, 2.45) is 0 Å². The minimum Gasteiger partial charge on any atom is -0.348 e. The zero-order valence-electron chi connectivity index (χ0n) is 12.7. The van der Waals surface area contributed by atoms with Crippen molar-refractivity contribution < 1.29 is 14.3 Å². The highest BCUT2D eigenvalue weighted by Gasteiger charge is 2.40. The van der Waals surface area contributed by atoms with Crippen molar-refractivity contribution in [2.75, 3.05) is 13.2 Å². The topological polar surface area (TPSA) is 65.4 Å². The van der Waals surface area contributed by atoms with Gasteiger partial charge in [0.1, 0.15) is 5.69 Å². The van der Waals surface area contributed by atoms with Gasteiger partial charge in [-0.2, -0.15) is 5.10 Å². The largest absolute Gasteiger partial charge is 0.348 e. The maximum Gasteiger partial charge on any atom is 0.269 e. The lowest BCUT2D eigenvalue weighted by Gasteiger charge is -2.35. The molecule has 2 fully saturated rings. The van der Waals surface area contributed by atoms with Crippen molar-refractivity contribution in [2.45, 2.75) is 57.9 Å². The maximum absolute atomic E-state index is 12.4. The number of amides is 1. The average Bonchev–Trinajstić information content (AvgIpc) is 3.08. The highest BCUT2D eigenvalue weighted by molar-refractivity contribution is 5.92. The predicted octanol–water partition coefficient (Wildman–Crippen LogP) is 1.63. The number of carbonyl (C=O) groups is 1. The van der Waals surface area contributed by atoms with Gasteiger partial charge in [-0.1, -0.05) is 0 Å². The second-order valence-corrected chi connectivity index (χ2v) is 5.84. The van der Waals surface area contributed by atoms with Crippen LogP contribution in [0.4, 0.5) is 0 Å². The van der Waals surface area contributed by atoms with E-state index >= 15 is 0 Å². The van der Waals surface area contributed by atoms with Gasteiger partial charge in [0, 0.05) is 25.4 Å². The number of aryl methyl sites for hydroxylation is 2. The van der Waals surface area contributed by atoms with Gasteiger partial charge in [-0.25, -0.2) is 0 Å². The first-order valence-corrected chi connectivity index (χ1v) is 7.75. The summed E-state index contributed by atoms with van der Waals surface area (Å²) in [5.41, 5.74) is 1.51. The number of rotatable bonds is 3.